The molecule has 0 saturated carbocycles. The standard InChI is InChI=1S/C17H20O4/c1-20-16-11-15(19)17(21-2)10-13(16)7-3-5-12-6-4-8-14(18)9-12/h4,6,8-11,18-19H,3,5,7H2,1-2H3. The molecule has 2 rings (SSSR count). The molecule has 4 heteroatoms. The van der Waals surface area contributed by atoms with Crippen LogP contribution in [0.5, 0.6) is 23.0 Å². The van der Waals surface area contributed by atoms with Crippen molar-refractivity contribution in [3.63, 3.8) is 0 Å². The summed E-state index contributed by atoms with van der Waals surface area (Å²) in [5.41, 5.74) is 2.09. The number of ether oxygens (including phenoxy) is 2. The van der Waals surface area contributed by atoms with E-state index in [2.05, 4.69) is 0 Å². The summed E-state index contributed by atoms with van der Waals surface area (Å²) in [6.45, 7) is 0. The van der Waals surface area contributed by atoms with Crippen molar-refractivity contribution in [3.05, 3.63) is 47.5 Å². The SMILES string of the molecule is COc1cc(CCCc2cccc(O)c2)c(OC)cc1O. The van der Waals surface area contributed by atoms with Crippen LogP contribution in [0.3, 0.4) is 0 Å². The number of aryl methyl sites for hydroxylation is 2. The lowest BCUT2D eigenvalue weighted by Gasteiger charge is -2.12. The predicted molar refractivity (Wildman–Crippen MR) is 81.3 cm³/mol. The number of benzene rings is 2. The monoisotopic (exact) mass is 288 g/mol. The van der Waals surface area contributed by atoms with E-state index in [9.17, 15) is 10.2 Å². The van der Waals surface area contributed by atoms with Crippen molar-refractivity contribution in [2.75, 3.05) is 14.2 Å². The average Bonchev–Trinajstić information content (AvgIpc) is 2.48. The smallest absolute Gasteiger partial charge is 0.161 e. The van der Waals surface area contributed by atoms with Crippen molar-refractivity contribution in [1.82, 2.24) is 0 Å². The van der Waals surface area contributed by atoms with E-state index >= 15 is 0 Å². The van der Waals surface area contributed by atoms with Crippen LogP contribution >= 0.6 is 0 Å². The molecular weight excluding hydrogens is 268 g/mol. The third kappa shape index (κ3) is 3.81. The van der Waals surface area contributed by atoms with Gasteiger partial charge in [-0.1, -0.05) is 12.1 Å². The first kappa shape index (κ1) is 15.0. The van der Waals surface area contributed by atoms with Crippen LogP contribution in [-0.4, -0.2) is 24.4 Å². The quantitative estimate of drug-likeness (QED) is 0.856. The number of phenolic OH excluding ortho intramolecular Hbond substituents is 2. The average molecular weight is 288 g/mol. The highest BCUT2D eigenvalue weighted by atomic mass is 16.5. The Balaban J connectivity index is 2.05. The second-order valence-electron chi connectivity index (χ2n) is 4.86. The first-order valence-corrected chi connectivity index (χ1v) is 6.86. The van der Waals surface area contributed by atoms with Gasteiger partial charge in [0.05, 0.1) is 14.2 Å². The molecule has 0 spiro atoms. The van der Waals surface area contributed by atoms with Crippen LogP contribution < -0.4 is 9.47 Å². The summed E-state index contributed by atoms with van der Waals surface area (Å²) >= 11 is 0. The van der Waals surface area contributed by atoms with Gasteiger partial charge >= 0.3 is 0 Å². The van der Waals surface area contributed by atoms with Gasteiger partial charge in [0, 0.05) is 6.07 Å². The van der Waals surface area contributed by atoms with Gasteiger partial charge in [0.15, 0.2) is 11.5 Å². The Bertz CT molecular complexity index is 608. The largest absolute Gasteiger partial charge is 0.508 e. The molecule has 0 atom stereocenters. The highest BCUT2D eigenvalue weighted by Gasteiger charge is 2.10. The van der Waals surface area contributed by atoms with E-state index in [4.69, 9.17) is 9.47 Å². The first-order valence-electron chi connectivity index (χ1n) is 6.86. The summed E-state index contributed by atoms with van der Waals surface area (Å²) in [6.07, 6.45) is 2.57. The number of phenols is 2. The van der Waals surface area contributed by atoms with Gasteiger partial charge in [0.25, 0.3) is 0 Å². The van der Waals surface area contributed by atoms with Gasteiger partial charge in [-0.25, -0.2) is 0 Å². The number of rotatable bonds is 6. The van der Waals surface area contributed by atoms with Gasteiger partial charge in [-0.05, 0) is 48.6 Å². The van der Waals surface area contributed by atoms with Gasteiger partial charge in [-0.2, -0.15) is 0 Å². The van der Waals surface area contributed by atoms with Crippen LogP contribution in [0.4, 0.5) is 0 Å². The second-order valence-corrected chi connectivity index (χ2v) is 4.86. The van der Waals surface area contributed by atoms with Crippen LogP contribution in [0.1, 0.15) is 17.5 Å². The summed E-state index contributed by atoms with van der Waals surface area (Å²) in [7, 11) is 3.11. The predicted octanol–water partition coefficient (Wildman–Crippen LogP) is 3.29. The summed E-state index contributed by atoms with van der Waals surface area (Å²) in [5.74, 6) is 1.47. The third-order valence-electron chi connectivity index (χ3n) is 3.40. The molecule has 0 aliphatic heterocycles. The molecule has 0 heterocycles. The lowest BCUT2D eigenvalue weighted by atomic mass is 10.0. The lowest BCUT2D eigenvalue weighted by Crippen LogP contribution is -1.96. The summed E-state index contributed by atoms with van der Waals surface area (Å²) < 4.78 is 10.4. The molecule has 0 radical (unpaired) electrons. The van der Waals surface area contributed by atoms with Crippen LogP contribution in [0.2, 0.25) is 0 Å². The molecule has 2 N–H and O–H groups in total. The van der Waals surface area contributed by atoms with Crippen molar-refractivity contribution in [1.29, 1.82) is 0 Å². The second kappa shape index (κ2) is 6.88. The van der Waals surface area contributed by atoms with Gasteiger partial charge in [0.1, 0.15) is 11.5 Å². The molecule has 0 fully saturated rings. The van der Waals surface area contributed by atoms with Crippen LogP contribution in [0, 0.1) is 0 Å². The maximum Gasteiger partial charge on any atom is 0.161 e. The van der Waals surface area contributed by atoms with E-state index < -0.39 is 0 Å². The van der Waals surface area contributed by atoms with Gasteiger partial charge < -0.3 is 19.7 Å². The number of hydrogen-bond acceptors (Lipinski definition) is 4. The Morgan fingerprint density at radius 3 is 2.33 bits per heavy atom. The Labute approximate surface area is 124 Å². The van der Waals surface area contributed by atoms with E-state index in [1.54, 1.807) is 31.4 Å². The first-order chi connectivity index (χ1) is 10.1. The maximum absolute atomic E-state index is 9.75. The van der Waals surface area contributed by atoms with Crippen molar-refractivity contribution in [3.8, 4) is 23.0 Å². The zero-order chi connectivity index (χ0) is 15.2. The fourth-order valence-corrected chi connectivity index (χ4v) is 2.34. The van der Waals surface area contributed by atoms with Crippen LogP contribution in [0.15, 0.2) is 36.4 Å². The number of hydrogen-bond donors (Lipinski definition) is 2. The zero-order valence-electron chi connectivity index (χ0n) is 12.3. The third-order valence-corrected chi connectivity index (χ3v) is 3.40. The maximum atomic E-state index is 9.75. The molecule has 21 heavy (non-hydrogen) atoms. The summed E-state index contributed by atoms with van der Waals surface area (Å²) in [5, 5.41) is 19.2. The molecule has 112 valence electrons. The van der Waals surface area contributed by atoms with E-state index in [1.165, 1.54) is 7.11 Å². The van der Waals surface area contributed by atoms with Crippen LogP contribution in [0.25, 0.3) is 0 Å². The van der Waals surface area contributed by atoms with Crippen molar-refractivity contribution >= 4 is 0 Å². The molecule has 4 nitrogen and oxygen atoms in total. The van der Waals surface area contributed by atoms with E-state index in [0.29, 0.717) is 11.5 Å². The Hall–Kier alpha value is -2.36. The van der Waals surface area contributed by atoms with Gasteiger partial charge in [-0.15, -0.1) is 0 Å². The Kier molecular flexibility index (Phi) is 4.93. The molecular formula is C17H20O4. The molecule has 0 aliphatic rings. The number of methoxy groups -OCH3 is 2. The van der Waals surface area contributed by atoms with Gasteiger partial charge in [-0.3, -0.25) is 0 Å². The minimum absolute atomic E-state index is 0.0751. The molecule has 2 aromatic rings. The minimum atomic E-state index is 0.0751. The topological polar surface area (TPSA) is 58.9 Å². The van der Waals surface area contributed by atoms with Crippen molar-refractivity contribution in [2.24, 2.45) is 0 Å². The number of aromatic hydroxyl groups is 2. The zero-order valence-corrected chi connectivity index (χ0v) is 12.3. The molecule has 0 aromatic heterocycles. The molecule has 0 saturated heterocycles. The lowest BCUT2D eigenvalue weighted by molar-refractivity contribution is 0.363. The fraction of sp³-hybridized carbons (Fsp3) is 0.294. The van der Waals surface area contributed by atoms with E-state index in [-0.39, 0.29) is 11.5 Å². The molecule has 0 amide bonds. The van der Waals surface area contributed by atoms with Crippen molar-refractivity contribution in [2.45, 2.75) is 19.3 Å². The highest BCUT2D eigenvalue weighted by Crippen LogP contribution is 2.34. The normalized spacial score (nSPS) is 10.4. The highest BCUT2D eigenvalue weighted by molar-refractivity contribution is 5.50. The summed E-state index contributed by atoms with van der Waals surface area (Å²) in [4.78, 5) is 0. The summed E-state index contributed by atoms with van der Waals surface area (Å²) in [6, 6.07) is 10.6. The van der Waals surface area contributed by atoms with Crippen molar-refractivity contribution < 1.29 is 19.7 Å². The molecule has 2 aromatic carbocycles. The Morgan fingerprint density at radius 1 is 0.905 bits per heavy atom. The Morgan fingerprint density at radius 2 is 1.67 bits per heavy atom. The molecule has 0 unspecified atom stereocenters. The molecule has 0 aliphatic carbocycles. The van der Waals surface area contributed by atoms with Crippen LogP contribution in [-0.2, 0) is 12.8 Å². The van der Waals surface area contributed by atoms with Gasteiger partial charge in [0.2, 0.25) is 0 Å². The fourth-order valence-electron chi connectivity index (χ4n) is 2.34. The minimum Gasteiger partial charge on any atom is -0.508 e. The van der Waals surface area contributed by atoms with E-state index in [0.717, 1.165) is 30.4 Å². The molecule has 0 bridgehead atoms. The van der Waals surface area contributed by atoms with E-state index in [1.807, 2.05) is 12.1 Å².